The first-order chi connectivity index (χ1) is 18.5. The first kappa shape index (κ1) is 23.8. The second-order valence-corrected chi connectivity index (χ2v) is 9.48. The molecule has 1 fully saturated rings. The van der Waals surface area contributed by atoms with Crippen LogP contribution >= 0.6 is 0 Å². The smallest absolute Gasteiger partial charge is 0.329 e. The lowest BCUT2D eigenvalue weighted by atomic mass is 10.0. The van der Waals surface area contributed by atoms with Gasteiger partial charge in [0.15, 0.2) is 0 Å². The SMILES string of the molecule is CC(C#N)c1ccc(N2C(=O)N(C)Cc3cnc4ccc(-c5cnc(N6CCOCC6)nc5)nc4c32)cc1. The van der Waals surface area contributed by atoms with E-state index in [0.29, 0.717) is 53.8 Å². The third kappa shape index (κ3) is 4.17. The molecule has 10 nitrogen and oxygen atoms in total. The van der Waals surface area contributed by atoms with Gasteiger partial charge in [-0.25, -0.2) is 19.7 Å². The van der Waals surface area contributed by atoms with Gasteiger partial charge in [-0.1, -0.05) is 12.1 Å². The van der Waals surface area contributed by atoms with Gasteiger partial charge in [0.2, 0.25) is 5.95 Å². The highest BCUT2D eigenvalue weighted by molar-refractivity contribution is 6.08. The van der Waals surface area contributed by atoms with Gasteiger partial charge in [-0.2, -0.15) is 5.26 Å². The topological polar surface area (TPSA) is 111 Å². The summed E-state index contributed by atoms with van der Waals surface area (Å²) in [6.07, 6.45) is 5.36. The van der Waals surface area contributed by atoms with Crippen molar-refractivity contribution in [2.45, 2.75) is 19.4 Å². The molecule has 4 aromatic rings. The lowest BCUT2D eigenvalue weighted by molar-refractivity contribution is 0.122. The predicted octanol–water partition coefficient (Wildman–Crippen LogP) is 4.25. The van der Waals surface area contributed by atoms with E-state index in [2.05, 4.69) is 25.9 Å². The molecule has 2 aliphatic rings. The summed E-state index contributed by atoms with van der Waals surface area (Å²) in [4.78, 5) is 37.6. The number of ether oxygens (including phenoxy) is 1. The number of carbonyl (C=O) groups is 1. The minimum absolute atomic E-state index is 0.156. The van der Waals surface area contributed by atoms with Gasteiger partial charge >= 0.3 is 6.03 Å². The van der Waals surface area contributed by atoms with E-state index < -0.39 is 0 Å². The molecule has 2 amide bonds. The Morgan fingerprint density at radius 1 is 1.00 bits per heavy atom. The van der Waals surface area contributed by atoms with Gasteiger partial charge in [-0.3, -0.25) is 9.88 Å². The fraction of sp³-hybridized carbons (Fsp3) is 0.286. The zero-order valence-corrected chi connectivity index (χ0v) is 21.2. The van der Waals surface area contributed by atoms with Crippen molar-refractivity contribution in [3.8, 4) is 17.3 Å². The fourth-order valence-electron chi connectivity index (χ4n) is 4.81. The third-order valence-corrected chi connectivity index (χ3v) is 6.98. The van der Waals surface area contributed by atoms with Crippen molar-refractivity contribution in [1.29, 1.82) is 5.26 Å². The van der Waals surface area contributed by atoms with Crippen LogP contribution in [0.1, 0.15) is 24.0 Å². The van der Waals surface area contributed by atoms with Crippen molar-refractivity contribution in [3.63, 3.8) is 0 Å². The minimum Gasteiger partial charge on any atom is -0.378 e. The van der Waals surface area contributed by atoms with Crippen LogP contribution in [0.4, 0.5) is 22.1 Å². The molecule has 38 heavy (non-hydrogen) atoms. The predicted molar refractivity (Wildman–Crippen MR) is 143 cm³/mol. The molecule has 10 heteroatoms. The molecule has 190 valence electrons. The number of nitriles is 1. The van der Waals surface area contributed by atoms with E-state index >= 15 is 0 Å². The summed E-state index contributed by atoms with van der Waals surface area (Å²) in [6, 6.07) is 13.4. The number of fused-ring (bicyclic) bond motifs is 3. The number of urea groups is 1. The summed E-state index contributed by atoms with van der Waals surface area (Å²) in [5, 5.41) is 9.28. The van der Waals surface area contributed by atoms with Crippen molar-refractivity contribution < 1.29 is 9.53 Å². The molecule has 0 bridgehead atoms. The van der Waals surface area contributed by atoms with Crippen molar-refractivity contribution >= 4 is 34.4 Å². The molecule has 2 aliphatic heterocycles. The molecule has 1 atom stereocenters. The third-order valence-electron chi connectivity index (χ3n) is 6.98. The molecule has 3 aromatic heterocycles. The Bertz CT molecular complexity index is 1540. The number of morpholine rings is 1. The Hall–Kier alpha value is -4.62. The number of aromatic nitrogens is 4. The number of amides is 2. The standard InChI is InChI=1S/C28H26N8O2/c1-18(13-29)19-3-5-22(6-4-19)36-26-21(17-34(2)28(36)37)16-30-24-8-7-23(33-25(24)26)20-14-31-27(32-15-20)35-9-11-38-12-10-35/h3-8,14-16,18H,9-12,17H2,1-2H3. The molecule has 0 radical (unpaired) electrons. The van der Waals surface area contributed by atoms with Crippen molar-refractivity contribution in [2.75, 3.05) is 43.2 Å². The summed E-state index contributed by atoms with van der Waals surface area (Å²) in [5.41, 5.74) is 6.02. The van der Waals surface area contributed by atoms with Crippen molar-refractivity contribution in [2.24, 2.45) is 0 Å². The van der Waals surface area contributed by atoms with Crippen molar-refractivity contribution in [1.82, 2.24) is 24.8 Å². The summed E-state index contributed by atoms with van der Waals surface area (Å²) < 4.78 is 5.42. The molecule has 0 spiro atoms. The summed E-state index contributed by atoms with van der Waals surface area (Å²) in [6.45, 7) is 5.15. The van der Waals surface area contributed by atoms with Gasteiger partial charge in [0.25, 0.3) is 0 Å². The quantitative estimate of drug-likeness (QED) is 0.404. The van der Waals surface area contributed by atoms with Gasteiger partial charge < -0.3 is 14.5 Å². The minimum atomic E-state index is -0.234. The maximum absolute atomic E-state index is 13.5. The van der Waals surface area contributed by atoms with Gasteiger partial charge in [0.05, 0.1) is 54.3 Å². The summed E-state index contributed by atoms with van der Waals surface area (Å²) >= 11 is 0. The van der Waals surface area contributed by atoms with Crippen molar-refractivity contribution in [3.05, 3.63) is 66.1 Å². The summed E-state index contributed by atoms with van der Waals surface area (Å²) in [7, 11) is 1.77. The average molecular weight is 507 g/mol. The molecule has 1 saturated heterocycles. The lowest BCUT2D eigenvalue weighted by Gasteiger charge is -2.35. The average Bonchev–Trinajstić information content (AvgIpc) is 2.98. The van der Waals surface area contributed by atoms with Gasteiger partial charge in [-0.15, -0.1) is 0 Å². The molecule has 5 heterocycles. The van der Waals surface area contributed by atoms with Gasteiger partial charge in [0.1, 0.15) is 5.52 Å². The molecular weight excluding hydrogens is 480 g/mol. The number of hydrogen-bond acceptors (Lipinski definition) is 8. The van der Waals surface area contributed by atoms with Crippen LogP contribution in [0.15, 0.2) is 55.0 Å². The highest BCUT2D eigenvalue weighted by atomic mass is 16.5. The Morgan fingerprint density at radius 3 is 2.45 bits per heavy atom. The van der Waals surface area contributed by atoms with Crippen LogP contribution < -0.4 is 9.80 Å². The Morgan fingerprint density at radius 2 is 1.74 bits per heavy atom. The van der Waals surface area contributed by atoms with Crippen LogP contribution in [0.3, 0.4) is 0 Å². The number of anilines is 3. The first-order valence-electron chi connectivity index (χ1n) is 12.5. The number of rotatable bonds is 4. The molecule has 0 aliphatic carbocycles. The number of carbonyl (C=O) groups excluding carboxylic acids is 1. The Kier molecular flexibility index (Phi) is 6.05. The van der Waals surface area contributed by atoms with E-state index in [9.17, 15) is 10.1 Å². The van der Waals surface area contributed by atoms with E-state index in [1.807, 2.05) is 43.3 Å². The van der Waals surface area contributed by atoms with E-state index in [4.69, 9.17) is 9.72 Å². The maximum atomic E-state index is 13.5. The number of nitrogens with zero attached hydrogens (tertiary/aromatic N) is 8. The highest BCUT2D eigenvalue weighted by Gasteiger charge is 2.32. The van der Waals surface area contributed by atoms with E-state index in [1.165, 1.54) is 0 Å². The van der Waals surface area contributed by atoms with E-state index in [1.54, 1.807) is 35.4 Å². The van der Waals surface area contributed by atoms with Crippen LogP contribution in [0, 0.1) is 11.3 Å². The number of hydrogen-bond donors (Lipinski definition) is 0. The summed E-state index contributed by atoms with van der Waals surface area (Å²) in [5.74, 6) is 0.438. The van der Waals surface area contributed by atoms with Crippen LogP contribution in [0.2, 0.25) is 0 Å². The zero-order valence-electron chi connectivity index (χ0n) is 21.2. The number of benzene rings is 1. The second-order valence-electron chi connectivity index (χ2n) is 9.48. The molecular formula is C28H26N8O2. The monoisotopic (exact) mass is 506 g/mol. The molecule has 1 unspecified atom stereocenters. The molecule has 1 aromatic carbocycles. The van der Waals surface area contributed by atoms with Crippen LogP contribution in [0.5, 0.6) is 0 Å². The van der Waals surface area contributed by atoms with Crippen LogP contribution in [-0.2, 0) is 11.3 Å². The maximum Gasteiger partial charge on any atom is 0.329 e. The molecule has 0 N–H and O–H groups in total. The zero-order chi connectivity index (χ0) is 26.2. The Labute approximate surface area is 220 Å². The largest absolute Gasteiger partial charge is 0.378 e. The highest BCUT2D eigenvalue weighted by Crippen LogP contribution is 2.39. The van der Waals surface area contributed by atoms with Crippen LogP contribution in [-0.4, -0.2) is 64.2 Å². The fourth-order valence-corrected chi connectivity index (χ4v) is 4.81. The lowest BCUT2D eigenvalue weighted by Crippen LogP contribution is -2.42. The van der Waals surface area contributed by atoms with E-state index in [0.717, 1.165) is 29.8 Å². The van der Waals surface area contributed by atoms with Crippen LogP contribution in [0.25, 0.3) is 22.3 Å². The molecule has 6 rings (SSSR count). The first-order valence-corrected chi connectivity index (χ1v) is 12.5. The second kappa shape index (κ2) is 9.68. The number of pyridine rings is 2. The van der Waals surface area contributed by atoms with Gasteiger partial charge in [0, 0.05) is 49.9 Å². The normalized spacial score (nSPS) is 16.3. The Balaban J connectivity index is 1.42. The van der Waals surface area contributed by atoms with Gasteiger partial charge in [-0.05, 0) is 36.8 Å². The molecule has 0 saturated carbocycles. The van der Waals surface area contributed by atoms with E-state index in [-0.39, 0.29) is 11.9 Å².